The minimum atomic E-state index is -0.633. The highest BCUT2D eigenvalue weighted by molar-refractivity contribution is 7.07. The standard InChI is InChI=1S/C15H16ClNOS/c1-11(9-12-7-8-19-10-12)17-15(18)14(16)13-5-3-2-4-6-13/h2-8,10-11,14H,9H2,1H3,(H,17,18). The predicted octanol–water partition coefficient (Wildman–Crippen LogP) is 3.78. The topological polar surface area (TPSA) is 29.1 Å². The lowest BCUT2D eigenvalue weighted by Crippen LogP contribution is -2.36. The minimum absolute atomic E-state index is 0.0760. The van der Waals surface area contributed by atoms with Gasteiger partial charge < -0.3 is 5.32 Å². The van der Waals surface area contributed by atoms with Gasteiger partial charge in [-0.1, -0.05) is 30.3 Å². The third-order valence-electron chi connectivity index (χ3n) is 2.83. The van der Waals surface area contributed by atoms with Crippen LogP contribution in [-0.2, 0) is 11.2 Å². The van der Waals surface area contributed by atoms with Crippen LogP contribution in [0.4, 0.5) is 0 Å². The van der Waals surface area contributed by atoms with E-state index in [4.69, 9.17) is 11.6 Å². The molecule has 0 saturated heterocycles. The number of hydrogen-bond donors (Lipinski definition) is 1. The van der Waals surface area contributed by atoms with Crippen LogP contribution in [0.25, 0.3) is 0 Å². The minimum Gasteiger partial charge on any atom is -0.352 e. The summed E-state index contributed by atoms with van der Waals surface area (Å²) in [5.74, 6) is -0.143. The average Bonchev–Trinajstić information content (AvgIpc) is 2.91. The first-order valence-corrected chi connectivity index (χ1v) is 7.55. The van der Waals surface area contributed by atoms with Crippen LogP contribution in [0.15, 0.2) is 47.2 Å². The molecule has 4 heteroatoms. The number of carbonyl (C=O) groups excluding carboxylic acids is 1. The largest absolute Gasteiger partial charge is 0.352 e. The van der Waals surface area contributed by atoms with E-state index in [1.165, 1.54) is 5.56 Å². The Morgan fingerprint density at radius 2 is 2.05 bits per heavy atom. The summed E-state index contributed by atoms with van der Waals surface area (Å²) in [7, 11) is 0. The van der Waals surface area contributed by atoms with E-state index in [-0.39, 0.29) is 11.9 Å². The Labute approximate surface area is 122 Å². The van der Waals surface area contributed by atoms with Gasteiger partial charge in [0.1, 0.15) is 5.38 Å². The van der Waals surface area contributed by atoms with Crippen molar-refractivity contribution >= 4 is 28.8 Å². The van der Waals surface area contributed by atoms with Gasteiger partial charge in [-0.15, -0.1) is 11.6 Å². The first kappa shape index (κ1) is 14.1. The second kappa shape index (κ2) is 6.73. The van der Waals surface area contributed by atoms with Crippen molar-refractivity contribution in [2.45, 2.75) is 24.8 Å². The maximum Gasteiger partial charge on any atom is 0.242 e. The van der Waals surface area contributed by atoms with Crippen molar-refractivity contribution in [1.29, 1.82) is 0 Å². The molecule has 2 atom stereocenters. The summed E-state index contributed by atoms with van der Waals surface area (Å²) in [6.45, 7) is 1.99. The molecular weight excluding hydrogens is 278 g/mol. The lowest BCUT2D eigenvalue weighted by molar-refractivity contribution is -0.121. The molecule has 0 saturated carbocycles. The molecule has 19 heavy (non-hydrogen) atoms. The van der Waals surface area contributed by atoms with Gasteiger partial charge in [0.2, 0.25) is 5.91 Å². The molecule has 100 valence electrons. The molecule has 1 aromatic carbocycles. The first-order chi connectivity index (χ1) is 9.16. The molecule has 2 nitrogen and oxygen atoms in total. The third-order valence-corrected chi connectivity index (χ3v) is 4.02. The highest BCUT2D eigenvalue weighted by Gasteiger charge is 2.19. The zero-order valence-electron chi connectivity index (χ0n) is 10.7. The van der Waals surface area contributed by atoms with Crippen molar-refractivity contribution in [2.24, 2.45) is 0 Å². The number of halogens is 1. The van der Waals surface area contributed by atoms with Crippen LogP contribution < -0.4 is 5.32 Å². The lowest BCUT2D eigenvalue weighted by atomic mass is 10.1. The van der Waals surface area contributed by atoms with Gasteiger partial charge >= 0.3 is 0 Å². The maximum atomic E-state index is 12.0. The number of amides is 1. The van der Waals surface area contributed by atoms with E-state index in [2.05, 4.69) is 16.8 Å². The Morgan fingerprint density at radius 3 is 2.68 bits per heavy atom. The van der Waals surface area contributed by atoms with Crippen LogP contribution in [0.2, 0.25) is 0 Å². The SMILES string of the molecule is CC(Cc1ccsc1)NC(=O)C(Cl)c1ccccc1. The maximum absolute atomic E-state index is 12.0. The predicted molar refractivity (Wildman–Crippen MR) is 80.7 cm³/mol. The fourth-order valence-corrected chi connectivity index (χ4v) is 2.79. The number of thiophene rings is 1. The normalized spacial score (nSPS) is 13.8. The second-order valence-electron chi connectivity index (χ2n) is 4.52. The van der Waals surface area contributed by atoms with Crippen molar-refractivity contribution in [3.05, 3.63) is 58.3 Å². The fraction of sp³-hybridized carbons (Fsp3) is 0.267. The molecule has 1 aromatic heterocycles. The molecule has 1 amide bonds. The molecule has 0 spiro atoms. The monoisotopic (exact) mass is 293 g/mol. The summed E-state index contributed by atoms with van der Waals surface area (Å²) < 4.78 is 0. The van der Waals surface area contributed by atoms with Crippen molar-refractivity contribution in [1.82, 2.24) is 5.32 Å². The average molecular weight is 294 g/mol. The number of rotatable bonds is 5. The van der Waals surface area contributed by atoms with Gasteiger partial charge in [0, 0.05) is 6.04 Å². The number of benzene rings is 1. The van der Waals surface area contributed by atoms with Crippen molar-refractivity contribution in [3.63, 3.8) is 0 Å². The van der Waals surface area contributed by atoms with E-state index < -0.39 is 5.38 Å². The Kier molecular flexibility index (Phi) is 5.00. The smallest absolute Gasteiger partial charge is 0.242 e. The van der Waals surface area contributed by atoms with Gasteiger partial charge in [-0.2, -0.15) is 11.3 Å². The zero-order chi connectivity index (χ0) is 13.7. The molecule has 0 aliphatic carbocycles. The summed E-state index contributed by atoms with van der Waals surface area (Å²) >= 11 is 7.84. The number of carbonyl (C=O) groups is 1. The number of hydrogen-bond acceptors (Lipinski definition) is 2. The molecule has 0 radical (unpaired) electrons. The highest BCUT2D eigenvalue weighted by Crippen LogP contribution is 2.20. The van der Waals surface area contributed by atoms with E-state index in [1.54, 1.807) is 11.3 Å². The zero-order valence-corrected chi connectivity index (χ0v) is 12.2. The van der Waals surface area contributed by atoms with Gasteiger partial charge in [0.15, 0.2) is 0 Å². The van der Waals surface area contributed by atoms with Crippen LogP contribution in [0.1, 0.15) is 23.4 Å². The van der Waals surface area contributed by atoms with Crippen molar-refractivity contribution < 1.29 is 4.79 Å². The van der Waals surface area contributed by atoms with Gasteiger partial charge in [0.25, 0.3) is 0 Å². The Balaban J connectivity index is 1.90. The summed E-state index contributed by atoms with van der Waals surface area (Å²) in [5, 5.41) is 6.45. The Bertz CT molecular complexity index is 512. The van der Waals surface area contributed by atoms with E-state index in [0.717, 1.165) is 12.0 Å². The van der Waals surface area contributed by atoms with Crippen molar-refractivity contribution in [3.8, 4) is 0 Å². The fourth-order valence-electron chi connectivity index (χ4n) is 1.90. The molecule has 2 rings (SSSR count). The Hall–Kier alpha value is -1.32. The van der Waals surface area contributed by atoms with Gasteiger partial charge in [-0.05, 0) is 41.3 Å². The molecule has 0 bridgehead atoms. The van der Waals surface area contributed by atoms with Gasteiger partial charge in [-0.25, -0.2) is 0 Å². The van der Waals surface area contributed by atoms with E-state index in [0.29, 0.717) is 0 Å². The van der Waals surface area contributed by atoms with E-state index in [1.807, 2.05) is 42.6 Å². The summed E-state index contributed by atoms with van der Waals surface area (Å²) in [6, 6.07) is 11.5. The summed E-state index contributed by atoms with van der Waals surface area (Å²) in [5.41, 5.74) is 2.06. The lowest BCUT2D eigenvalue weighted by Gasteiger charge is -2.16. The molecule has 0 aliphatic heterocycles. The van der Waals surface area contributed by atoms with Crippen LogP contribution >= 0.6 is 22.9 Å². The van der Waals surface area contributed by atoms with Crippen molar-refractivity contribution in [2.75, 3.05) is 0 Å². The first-order valence-electron chi connectivity index (χ1n) is 6.17. The van der Waals surface area contributed by atoms with E-state index in [9.17, 15) is 4.79 Å². The van der Waals surface area contributed by atoms with Crippen LogP contribution in [0, 0.1) is 0 Å². The molecular formula is C15H16ClNOS. The Morgan fingerprint density at radius 1 is 1.32 bits per heavy atom. The number of alkyl halides is 1. The van der Waals surface area contributed by atoms with Crippen LogP contribution in [0.3, 0.4) is 0 Å². The number of nitrogens with one attached hydrogen (secondary N) is 1. The van der Waals surface area contributed by atoms with Crippen LogP contribution in [0.5, 0.6) is 0 Å². The summed E-state index contributed by atoms with van der Waals surface area (Å²) in [4.78, 5) is 12.0. The molecule has 1 heterocycles. The van der Waals surface area contributed by atoms with Gasteiger partial charge in [0.05, 0.1) is 0 Å². The molecule has 1 N–H and O–H groups in total. The molecule has 0 aliphatic rings. The summed E-state index contributed by atoms with van der Waals surface area (Å²) in [6.07, 6.45) is 0.827. The third kappa shape index (κ3) is 4.08. The molecule has 0 fully saturated rings. The molecule has 2 unspecified atom stereocenters. The highest BCUT2D eigenvalue weighted by atomic mass is 35.5. The quantitative estimate of drug-likeness (QED) is 0.835. The second-order valence-corrected chi connectivity index (χ2v) is 5.74. The van der Waals surface area contributed by atoms with Crippen LogP contribution in [-0.4, -0.2) is 11.9 Å². The van der Waals surface area contributed by atoms with E-state index >= 15 is 0 Å². The van der Waals surface area contributed by atoms with Gasteiger partial charge in [-0.3, -0.25) is 4.79 Å². The molecule has 2 aromatic rings.